The average Bonchev–Trinajstić information content (AvgIpc) is 2.58. The van der Waals surface area contributed by atoms with Gasteiger partial charge in [0.15, 0.2) is 0 Å². The van der Waals surface area contributed by atoms with Crippen LogP contribution in [0.5, 0.6) is 0 Å². The van der Waals surface area contributed by atoms with Gasteiger partial charge in [0.2, 0.25) is 0 Å². The van der Waals surface area contributed by atoms with E-state index in [0.29, 0.717) is 11.5 Å². The molecule has 1 saturated heterocycles. The smallest absolute Gasteiger partial charge is 0.0167 e. The van der Waals surface area contributed by atoms with Crippen molar-refractivity contribution in [2.24, 2.45) is 11.3 Å². The molecule has 2 aliphatic rings. The van der Waals surface area contributed by atoms with Crippen LogP contribution in [0.4, 0.5) is 0 Å². The van der Waals surface area contributed by atoms with Gasteiger partial charge in [0, 0.05) is 32.2 Å². The first-order valence-corrected chi connectivity index (χ1v) is 5.54. The standard InChI is InChI=1S/C11H22N2/c1-9-7-13(5-4-12-9)8-10-6-11(10,2)3/h9-10,12H,4-8H2,1-3H3. The van der Waals surface area contributed by atoms with Crippen LogP contribution < -0.4 is 5.32 Å². The van der Waals surface area contributed by atoms with E-state index in [1.807, 2.05) is 0 Å². The normalized spacial score (nSPS) is 39.0. The fraction of sp³-hybridized carbons (Fsp3) is 1.00. The predicted molar refractivity (Wildman–Crippen MR) is 55.8 cm³/mol. The van der Waals surface area contributed by atoms with E-state index in [0.717, 1.165) is 5.92 Å². The Morgan fingerprint density at radius 1 is 1.46 bits per heavy atom. The minimum Gasteiger partial charge on any atom is -0.312 e. The third-order valence-corrected chi connectivity index (χ3v) is 3.65. The van der Waals surface area contributed by atoms with Crippen molar-refractivity contribution in [3.05, 3.63) is 0 Å². The maximum atomic E-state index is 3.48. The Bertz CT molecular complexity index is 189. The topological polar surface area (TPSA) is 15.3 Å². The first kappa shape index (κ1) is 9.47. The zero-order chi connectivity index (χ0) is 9.47. The molecule has 1 saturated carbocycles. The molecule has 2 rings (SSSR count). The Morgan fingerprint density at radius 2 is 2.15 bits per heavy atom. The fourth-order valence-electron chi connectivity index (χ4n) is 2.38. The van der Waals surface area contributed by atoms with E-state index >= 15 is 0 Å². The highest BCUT2D eigenvalue weighted by molar-refractivity contribution is 4.97. The van der Waals surface area contributed by atoms with Crippen LogP contribution in [0.25, 0.3) is 0 Å². The van der Waals surface area contributed by atoms with Crippen molar-refractivity contribution in [3.8, 4) is 0 Å². The van der Waals surface area contributed by atoms with Gasteiger partial charge in [-0.25, -0.2) is 0 Å². The SMILES string of the molecule is CC1CN(CC2CC2(C)C)CCN1. The summed E-state index contributed by atoms with van der Waals surface area (Å²) in [5.41, 5.74) is 0.647. The second-order valence-electron chi connectivity index (χ2n) is 5.50. The van der Waals surface area contributed by atoms with E-state index in [1.54, 1.807) is 0 Å². The largest absolute Gasteiger partial charge is 0.312 e. The molecule has 1 N–H and O–H groups in total. The summed E-state index contributed by atoms with van der Waals surface area (Å²) in [7, 11) is 0. The molecule has 2 fully saturated rings. The Hall–Kier alpha value is -0.0800. The van der Waals surface area contributed by atoms with E-state index < -0.39 is 0 Å². The van der Waals surface area contributed by atoms with Gasteiger partial charge in [-0.05, 0) is 24.7 Å². The number of nitrogens with one attached hydrogen (secondary N) is 1. The molecule has 2 unspecified atom stereocenters. The van der Waals surface area contributed by atoms with Gasteiger partial charge in [-0.3, -0.25) is 0 Å². The van der Waals surface area contributed by atoms with Gasteiger partial charge < -0.3 is 10.2 Å². The first-order chi connectivity index (χ1) is 6.08. The van der Waals surface area contributed by atoms with E-state index in [2.05, 4.69) is 31.0 Å². The highest BCUT2D eigenvalue weighted by atomic mass is 15.2. The van der Waals surface area contributed by atoms with Gasteiger partial charge >= 0.3 is 0 Å². The number of rotatable bonds is 2. The molecule has 13 heavy (non-hydrogen) atoms. The van der Waals surface area contributed by atoms with Gasteiger partial charge in [-0.15, -0.1) is 0 Å². The lowest BCUT2D eigenvalue weighted by Gasteiger charge is -2.32. The quantitative estimate of drug-likeness (QED) is 0.693. The minimum absolute atomic E-state index is 0.647. The lowest BCUT2D eigenvalue weighted by molar-refractivity contribution is 0.192. The van der Waals surface area contributed by atoms with Gasteiger partial charge in [0.25, 0.3) is 0 Å². The summed E-state index contributed by atoms with van der Waals surface area (Å²) in [6.07, 6.45) is 1.44. The summed E-state index contributed by atoms with van der Waals surface area (Å²) >= 11 is 0. The van der Waals surface area contributed by atoms with E-state index in [9.17, 15) is 0 Å². The number of nitrogens with zero attached hydrogens (tertiary/aromatic N) is 1. The Balaban J connectivity index is 1.76. The van der Waals surface area contributed by atoms with Crippen molar-refractivity contribution in [1.82, 2.24) is 10.2 Å². The molecule has 2 atom stereocenters. The number of piperazine rings is 1. The summed E-state index contributed by atoms with van der Waals surface area (Å²) in [5, 5.41) is 3.48. The van der Waals surface area contributed by atoms with E-state index in [1.165, 1.54) is 32.6 Å². The molecule has 76 valence electrons. The molecule has 2 heteroatoms. The minimum atomic E-state index is 0.647. The molecule has 1 aliphatic heterocycles. The lowest BCUT2D eigenvalue weighted by Crippen LogP contribution is -2.49. The van der Waals surface area contributed by atoms with Crippen LogP contribution in [0.1, 0.15) is 27.2 Å². The molecule has 0 radical (unpaired) electrons. The molecule has 0 aromatic rings. The third kappa shape index (κ3) is 2.23. The maximum Gasteiger partial charge on any atom is 0.0167 e. The Labute approximate surface area is 81.7 Å². The van der Waals surface area contributed by atoms with Crippen molar-refractivity contribution in [2.45, 2.75) is 33.2 Å². The van der Waals surface area contributed by atoms with Crippen molar-refractivity contribution < 1.29 is 0 Å². The van der Waals surface area contributed by atoms with Crippen LogP contribution in [-0.4, -0.2) is 37.1 Å². The van der Waals surface area contributed by atoms with Gasteiger partial charge in [0.05, 0.1) is 0 Å². The highest BCUT2D eigenvalue weighted by Gasteiger charge is 2.46. The zero-order valence-corrected chi connectivity index (χ0v) is 9.14. The van der Waals surface area contributed by atoms with Crippen LogP contribution in [-0.2, 0) is 0 Å². The van der Waals surface area contributed by atoms with E-state index in [-0.39, 0.29) is 0 Å². The van der Waals surface area contributed by atoms with Crippen LogP contribution in [0.15, 0.2) is 0 Å². The molecule has 1 heterocycles. The van der Waals surface area contributed by atoms with Crippen LogP contribution in [0.3, 0.4) is 0 Å². The maximum absolute atomic E-state index is 3.48. The zero-order valence-electron chi connectivity index (χ0n) is 9.14. The second kappa shape index (κ2) is 3.25. The highest BCUT2D eigenvalue weighted by Crippen LogP contribution is 2.51. The van der Waals surface area contributed by atoms with Crippen molar-refractivity contribution in [3.63, 3.8) is 0 Å². The van der Waals surface area contributed by atoms with Crippen LogP contribution in [0.2, 0.25) is 0 Å². The molecule has 0 amide bonds. The van der Waals surface area contributed by atoms with Crippen molar-refractivity contribution >= 4 is 0 Å². The summed E-state index contributed by atoms with van der Waals surface area (Å²) in [5.74, 6) is 0.970. The molecule has 0 aromatic heterocycles. The van der Waals surface area contributed by atoms with Crippen molar-refractivity contribution in [1.29, 1.82) is 0 Å². The Kier molecular flexibility index (Phi) is 2.37. The molecule has 0 bridgehead atoms. The van der Waals surface area contributed by atoms with Gasteiger partial charge in [0.1, 0.15) is 0 Å². The average molecular weight is 182 g/mol. The summed E-state index contributed by atoms with van der Waals surface area (Å²) in [6, 6.07) is 0.690. The Morgan fingerprint density at radius 3 is 2.69 bits per heavy atom. The van der Waals surface area contributed by atoms with Crippen molar-refractivity contribution in [2.75, 3.05) is 26.2 Å². The lowest BCUT2D eigenvalue weighted by atomic mass is 10.1. The molecular formula is C11H22N2. The van der Waals surface area contributed by atoms with Gasteiger partial charge in [-0.2, -0.15) is 0 Å². The third-order valence-electron chi connectivity index (χ3n) is 3.65. The second-order valence-corrected chi connectivity index (χ2v) is 5.50. The molecule has 0 spiro atoms. The predicted octanol–water partition coefficient (Wildman–Crippen LogP) is 1.33. The molecule has 0 aromatic carbocycles. The monoisotopic (exact) mass is 182 g/mol. The number of hydrogen-bond donors (Lipinski definition) is 1. The first-order valence-electron chi connectivity index (χ1n) is 5.54. The summed E-state index contributed by atoms with van der Waals surface area (Å²) in [4.78, 5) is 2.63. The molecular weight excluding hydrogens is 160 g/mol. The van der Waals surface area contributed by atoms with E-state index in [4.69, 9.17) is 0 Å². The van der Waals surface area contributed by atoms with Crippen LogP contribution >= 0.6 is 0 Å². The van der Waals surface area contributed by atoms with Gasteiger partial charge in [-0.1, -0.05) is 13.8 Å². The molecule has 1 aliphatic carbocycles. The molecule has 2 nitrogen and oxygen atoms in total. The fourth-order valence-corrected chi connectivity index (χ4v) is 2.38. The summed E-state index contributed by atoms with van der Waals surface area (Å²) < 4.78 is 0. The summed E-state index contributed by atoms with van der Waals surface area (Å²) in [6.45, 7) is 12.1. The number of hydrogen-bond acceptors (Lipinski definition) is 2. The van der Waals surface area contributed by atoms with Crippen LogP contribution in [0, 0.1) is 11.3 Å².